The van der Waals surface area contributed by atoms with Gasteiger partial charge in [0.15, 0.2) is 0 Å². The van der Waals surface area contributed by atoms with Crippen LogP contribution in [-0.4, -0.2) is 9.13 Å². The Morgan fingerprint density at radius 3 is 1.76 bits per heavy atom. The van der Waals surface area contributed by atoms with E-state index in [1.165, 1.54) is 99.3 Å². The van der Waals surface area contributed by atoms with Crippen LogP contribution in [0.4, 0.5) is 0 Å². The molecule has 2 aliphatic carbocycles. The van der Waals surface area contributed by atoms with Crippen LogP contribution in [0, 0.1) is 0 Å². The van der Waals surface area contributed by atoms with Gasteiger partial charge in [0.25, 0.3) is 0 Å². The summed E-state index contributed by atoms with van der Waals surface area (Å²) in [5.74, 6) is 0. The van der Waals surface area contributed by atoms with Crippen LogP contribution in [0.25, 0.3) is 82.8 Å². The molecule has 2 nitrogen and oxygen atoms in total. The Bertz CT molecular complexity index is 3660. The lowest BCUT2D eigenvalue weighted by atomic mass is 9.66. The van der Waals surface area contributed by atoms with Crippen LogP contribution in [0.1, 0.15) is 35.1 Å². The van der Waals surface area contributed by atoms with Crippen molar-refractivity contribution < 1.29 is 0 Å². The van der Waals surface area contributed by atoms with Gasteiger partial charge in [-0.2, -0.15) is 0 Å². The third-order valence-electron chi connectivity index (χ3n) is 13.9. The molecule has 0 spiro atoms. The number of aromatic nitrogens is 2. The van der Waals surface area contributed by atoms with Gasteiger partial charge in [-0.05, 0) is 123 Å². The number of allylic oxidation sites excluding steroid dienone is 4. The molecule has 0 amide bonds. The first-order valence-corrected chi connectivity index (χ1v) is 22.1. The summed E-state index contributed by atoms with van der Waals surface area (Å²) in [6.45, 7) is 0. The highest BCUT2D eigenvalue weighted by Gasteiger charge is 2.47. The summed E-state index contributed by atoms with van der Waals surface area (Å²) in [4.78, 5) is 0. The van der Waals surface area contributed by atoms with Crippen molar-refractivity contribution in [3.05, 3.63) is 258 Å². The Morgan fingerprint density at radius 1 is 0.365 bits per heavy atom. The maximum absolute atomic E-state index is 2.49. The average Bonchev–Trinajstić information content (AvgIpc) is 3.98. The third kappa shape index (κ3) is 5.31. The van der Waals surface area contributed by atoms with Crippen molar-refractivity contribution >= 4 is 49.2 Å². The topological polar surface area (TPSA) is 9.86 Å². The zero-order chi connectivity index (χ0) is 41.5. The van der Waals surface area contributed by atoms with Gasteiger partial charge >= 0.3 is 0 Å². The third-order valence-corrected chi connectivity index (χ3v) is 13.9. The molecule has 0 fully saturated rings. The fourth-order valence-electron chi connectivity index (χ4n) is 11.2. The van der Waals surface area contributed by atoms with E-state index >= 15 is 0 Å². The highest BCUT2D eigenvalue weighted by molar-refractivity contribution is 6.12. The van der Waals surface area contributed by atoms with Gasteiger partial charge in [0.2, 0.25) is 0 Å². The van der Waals surface area contributed by atoms with E-state index in [4.69, 9.17) is 0 Å². The van der Waals surface area contributed by atoms with Gasteiger partial charge in [-0.3, -0.25) is 0 Å². The van der Waals surface area contributed by atoms with Crippen molar-refractivity contribution in [1.82, 2.24) is 9.13 Å². The SMILES string of the molecule is C1=CC2=C(CC1)c1ccccc1C2(c1ccccc1)c1cccc(-n2c3ccccc3c3ccc(-c4ccc5c(c4)c4ccccc4n5-c4ccc(-c5ccccc5)cc4)cc32)c1. The Morgan fingerprint density at radius 2 is 0.952 bits per heavy atom. The number of rotatable bonds is 6. The van der Waals surface area contributed by atoms with E-state index in [0.717, 1.165) is 24.2 Å². The molecular weight excluding hydrogens is 761 g/mol. The number of fused-ring (bicyclic) bond motifs is 8. The van der Waals surface area contributed by atoms with Crippen molar-refractivity contribution in [2.45, 2.75) is 18.3 Å². The Labute approximate surface area is 367 Å². The second kappa shape index (κ2) is 14.1. The fourth-order valence-corrected chi connectivity index (χ4v) is 11.2. The minimum Gasteiger partial charge on any atom is -0.309 e. The van der Waals surface area contributed by atoms with Gasteiger partial charge in [0, 0.05) is 32.9 Å². The maximum atomic E-state index is 2.49. The number of nitrogens with zero attached hydrogens (tertiary/aromatic N) is 2. The van der Waals surface area contributed by atoms with Crippen LogP contribution in [0.2, 0.25) is 0 Å². The normalized spacial score (nSPS) is 15.7. The van der Waals surface area contributed by atoms with Gasteiger partial charge in [0.1, 0.15) is 0 Å². The van der Waals surface area contributed by atoms with E-state index in [0.29, 0.717) is 0 Å². The van der Waals surface area contributed by atoms with Crippen LogP contribution in [0.15, 0.2) is 236 Å². The van der Waals surface area contributed by atoms with E-state index in [1.54, 1.807) is 0 Å². The smallest absolute Gasteiger partial charge is 0.0710 e. The average molecular weight is 803 g/mol. The van der Waals surface area contributed by atoms with Crippen LogP contribution < -0.4 is 0 Å². The molecule has 0 saturated carbocycles. The molecule has 2 heteroatoms. The lowest BCUT2D eigenvalue weighted by molar-refractivity contribution is 0.755. The molecule has 2 aromatic heterocycles. The zero-order valence-corrected chi connectivity index (χ0v) is 34.7. The van der Waals surface area contributed by atoms with E-state index < -0.39 is 5.41 Å². The predicted octanol–water partition coefficient (Wildman–Crippen LogP) is 15.7. The van der Waals surface area contributed by atoms with Crippen molar-refractivity contribution in [2.24, 2.45) is 0 Å². The number of para-hydroxylation sites is 2. The fraction of sp³-hybridized carbons (Fsp3) is 0.0492. The molecule has 1 atom stereocenters. The van der Waals surface area contributed by atoms with Crippen LogP contribution in [0.5, 0.6) is 0 Å². The molecule has 11 aromatic rings. The van der Waals surface area contributed by atoms with Crippen molar-refractivity contribution in [2.75, 3.05) is 0 Å². The van der Waals surface area contributed by atoms with Crippen molar-refractivity contribution in [3.8, 4) is 33.6 Å². The predicted molar refractivity (Wildman–Crippen MR) is 264 cm³/mol. The molecule has 13 rings (SSSR count). The summed E-state index contributed by atoms with van der Waals surface area (Å²) in [6, 6.07) is 81.0. The standard InChI is InChI=1S/C61H42N2/c1-3-16-41(17-4-1)42-30-34-47(35-31-42)62-58-29-14-10-25-52(58)54-38-43(33-37-59(54)62)44-32-36-53-51-24-9-13-28-57(51)63(60(53)39-44)48-21-15-20-46(40-48)61(45-18-5-2-6-19-45)55-26-11-7-22-49(55)50-23-8-12-27-56(50)61/h1-7,9-22,24-40H,8,23H2. The Kier molecular flexibility index (Phi) is 7.98. The zero-order valence-electron chi connectivity index (χ0n) is 34.7. The largest absolute Gasteiger partial charge is 0.309 e. The van der Waals surface area contributed by atoms with E-state index in [9.17, 15) is 0 Å². The summed E-state index contributed by atoms with van der Waals surface area (Å²) in [5, 5.41) is 5.00. The van der Waals surface area contributed by atoms with Crippen LogP contribution >= 0.6 is 0 Å². The van der Waals surface area contributed by atoms with Crippen molar-refractivity contribution in [1.29, 1.82) is 0 Å². The highest BCUT2D eigenvalue weighted by Crippen LogP contribution is 2.57. The first-order chi connectivity index (χ1) is 31.3. The molecule has 9 aromatic carbocycles. The molecule has 0 saturated heterocycles. The van der Waals surface area contributed by atoms with E-state index in [2.05, 4.69) is 240 Å². The Hall–Kier alpha value is -7.94. The monoisotopic (exact) mass is 802 g/mol. The second-order valence-corrected chi connectivity index (χ2v) is 17.1. The van der Waals surface area contributed by atoms with Gasteiger partial charge in [0.05, 0.1) is 27.5 Å². The number of hydrogen-bond donors (Lipinski definition) is 0. The van der Waals surface area contributed by atoms with E-state index in [1.807, 2.05) is 0 Å². The molecule has 0 aliphatic heterocycles. The van der Waals surface area contributed by atoms with Gasteiger partial charge in [-0.25, -0.2) is 0 Å². The number of benzene rings is 9. The van der Waals surface area contributed by atoms with Crippen LogP contribution in [0.3, 0.4) is 0 Å². The molecule has 0 bridgehead atoms. The van der Waals surface area contributed by atoms with Crippen LogP contribution in [-0.2, 0) is 5.41 Å². The molecule has 63 heavy (non-hydrogen) atoms. The molecule has 0 N–H and O–H groups in total. The Balaban J connectivity index is 0.979. The van der Waals surface area contributed by atoms with Gasteiger partial charge < -0.3 is 9.13 Å². The molecule has 2 aliphatic rings. The quantitative estimate of drug-likeness (QED) is 0.158. The van der Waals surface area contributed by atoms with Crippen molar-refractivity contribution in [3.63, 3.8) is 0 Å². The highest BCUT2D eigenvalue weighted by atomic mass is 15.0. The number of hydrogen-bond acceptors (Lipinski definition) is 0. The van der Waals surface area contributed by atoms with Gasteiger partial charge in [-0.1, -0.05) is 176 Å². The molecule has 2 heterocycles. The lowest BCUT2D eigenvalue weighted by Crippen LogP contribution is -2.29. The minimum atomic E-state index is -0.428. The molecule has 1 unspecified atom stereocenters. The first-order valence-electron chi connectivity index (χ1n) is 22.1. The second-order valence-electron chi connectivity index (χ2n) is 17.1. The summed E-state index contributed by atoms with van der Waals surface area (Å²) in [6.07, 6.45) is 6.92. The summed E-state index contributed by atoms with van der Waals surface area (Å²) < 4.78 is 4.90. The van der Waals surface area contributed by atoms with E-state index in [-0.39, 0.29) is 0 Å². The summed E-state index contributed by atoms with van der Waals surface area (Å²) in [5.41, 5.74) is 19.8. The molecule has 296 valence electrons. The first kappa shape index (κ1) is 35.8. The minimum absolute atomic E-state index is 0.428. The molecule has 0 radical (unpaired) electrons. The lowest BCUT2D eigenvalue weighted by Gasteiger charge is -2.35. The maximum Gasteiger partial charge on any atom is 0.0710 e. The molecular formula is C61H42N2. The summed E-state index contributed by atoms with van der Waals surface area (Å²) in [7, 11) is 0. The van der Waals surface area contributed by atoms with Gasteiger partial charge in [-0.15, -0.1) is 0 Å². The summed E-state index contributed by atoms with van der Waals surface area (Å²) >= 11 is 0.